The molecule has 0 saturated carbocycles. The molecular formula is C13H22N4O2S. The summed E-state index contributed by atoms with van der Waals surface area (Å²) in [4.78, 5) is 11.4. The van der Waals surface area contributed by atoms with Gasteiger partial charge in [0.1, 0.15) is 11.9 Å². The molecule has 0 aromatic carbocycles. The fraction of sp³-hybridized carbons (Fsp3) is 0.769. The van der Waals surface area contributed by atoms with E-state index in [4.69, 9.17) is 10.5 Å². The van der Waals surface area contributed by atoms with E-state index in [0.29, 0.717) is 13.0 Å². The number of aromatic nitrogens is 3. The Balaban J connectivity index is 1.82. The minimum Gasteiger partial charge on any atom is -0.465 e. The summed E-state index contributed by atoms with van der Waals surface area (Å²) in [7, 11) is 0. The topological polar surface area (TPSA) is 83.0 Å². The number of hydrogen-bond donors (Lipinski definition) is 1. The van der Waals surface area contributed by atoms with Crippen molar-refractivity contribution in [2.75, 3.05) is 12.4 Å². The van der Waals surface area contributed by atoms with Crippen LogP contribution in [0, 0.1) is 0 Å². The van der Waals surface area contributed by atoms with Crippen LogP contribution in [0.25, 0.3) is 0 Å². The molecule has 1 aliphatic heterocycles. The highest BCUT2D eigenvalue weighted by molar-refractivity contribution is 7.99. The van der Waals surface area contributed by atoms with Crippen molar-refractivity contribution in [3.63, 3.8) is 0 Å². The number of ether oxygens (including phenoxy) is 1. The van der Waals surface area contributed by atoms with Gasteiger partial charge in [-0.15, -0.1) is 10.2 Å². The smallest absolute Gasteiger partial charge is 0.322 e. The first-order chi connectivity index (χ1) is 9.72. The third-order valence-electron chi connectivity index (χ3n) is 3.32. The molecular weight excluding hydrogens is 276 g/mol. The maximum atomic E-state index is 11.4. The molecule has 2 heterocycles. The highest BCUT2D eigenvalue weighted by Crippen LogP contribution is 2.22. The second-order valence-corrected chi connectivity index (χ2v) is 5.92. The Morgan fingerprint density at radius 1 is 1.45 bits per heavy atom. The largest absolute Gasteiger partial charge is 0.465 e. The van der Waals surface area contributed by atoms with E-state index in [-0.39, 0.29) is 5.97 Å². The molecule has 0 radical (unpaired) electrons. The number of rotatable bonds is 6. The number of fused-ring (bicyclic) bond motifs is 1. The molecule has 0 aliphatic carbocycles. The van der Waals surface area contributed by atoms with Gasteiger partial charge < -0.3 is 15.0 Å². The lowest BCUT2D eigenvalue weighted by Crippen LogP contribution is -2.32. The number of nitrogens with two attached hydrogens (primary N) is 1. The van der Waals surface area contributed by atoms with Crippen LogP contribution < -0.4 is 5.73 Å². The number of hydrogen-bond acceptors (Lipinski definition) is 6. The van der Waals surface area contributed by atoms with E-state index in [1.165, 1.54) is 19.3 Å². The van der Waals surface area contributed by atoms with Crippen LogP contribution in [0.1, 0.15) is 38.4 Å². The minimum atomic E-state index is -0.547. The van der Waals surface area contributed by atoms with Gasteiger partial charge in [0.15, 0.2) is 5.16 Å². The van der Waals surface area contributed by atoms with Crippen LogP contribution in [-0.4, -0.2) is 39.1 Å². The first-order valence-corrected chi connectivity index (χ1v) is 8.18. The minimum absolute atomic E-state index is 0.326. The molecule has 7 heteroatoms. The fourth-order valence-corrected chi connectivity index (χ4v) is 3.21. The van der Waals surface area contributed by atoms with Crippen molar-refractivity contribution in [3.05, 3.63) is 5.82 Å². The van der Waals surface area contributed by atoms with Gasteiger partial charge in [0.25, 0.3) is 0 Å². The Morgan fingerprint density at radius 3 is 3.10 bits per heavy atom. The zero-order valence-electron chi connectivity index (χ0n) is 11.9. The van der Waals surface area contributed by atoms with Crippen molar-refractivity contribution in [3.8, 4) is 0 Å². The van der Waals surface area contributed by atoms with Crippen molar-refractivity contribution in [1.29, 1.82) is 0 Å². The average molecular weight is 298 g/mol. The molecule has 20 heavy (non-hydrogen) atoms. The predicted molar refractivity (Wildman–Crippen MR) is 77.5 cm³/mol. The molecule has 0 fully saturated rings. The van der Waals surface area contributed by atoms with E-state index >= 15 is 0 Å². The van der Waals surface area contributed by atoms with Gasteiger partial charge in [-0.1, -0.05) is 18.2 Å². The van der Waals surface area contributed by atoms with Crippen LogP contribution in [0.2, 0.25) is 0 Å². The third kappa shape index (κ3) is 3.96. The highest BCUT2D eigenvalue weighted by atomic mass is 32.2. The van der Waals surface area contributed by atoms with Gasteiger partial charge in [-0.2, -0.15) is 0 Å². The number of thioether (sulfide) groups is 1. The van der Waals surface area contributed by atoms with Crippen LogP contribution in [0.5, 0.6) is 0 Å². The molecule has 6 nitrogen and oxygen atoms in total. The molecule has 1 aromatic heterocycles. The van der Waals surface area contributed by atoms with E-state index in [2.05, 4.69) is 14.8 Å². The van der Waals surface area contributed by atoms with Crippen molar-refractivity contribution in [2.24, 2.45) is 5.73 Å². The Morgan fingerprint density at radius 2 is 2.30 bits per heavy atom. The summed E-state index contributed by atoms with van der Waals surface area (Å²) in [6, 6.07) is -0.547. The SMILES string of the molecule is CCOC(=O)C(N)CCSc1nnc2n1CCCCC2. The number of aryl methyl sites for hydroxylation is 1. The molecule has 1 unspecified atom stereocenters. The monoisotopic (exact) mass is 298 g/mol. The van der Waals surface area contributed by atoms with Crippen molar-refractivity contribution in [1.82, 2.24) is 14.8 Å². The van der Waals surface area contributed by atoms with Gasteiger partial charge in [-0.3, -0.25) is 4.79 Å². The lowest BCUT2D eigenvalue weighted by Gasteiger charge is -2.10. The van der Waals surface area contributed by atoms with E-state index in [1.54, 1.807) is 18.7 Å². The van der Waals surface area contributed by atoms with Gasteiger partial charge >= 0.3 is 5.97 Å². The van der Waals surface area contributed by atoms with Crippen LogP contribution in [0.15, 0.2) is 5.16 Å². The van der Waals surface area contributed by atoms with Crippen molar-refractivity contribution >= 4 is 17.7 Å². The molecule has 1 aliphatic rings. The molecule has 1 atom stereocenters. The summed E-state index contributed by atoms with van der Waals surface area (Å²) in [6.07, 6.45) is 5.22. The van der Waals surface area contributed by atoms with Gasteiger partial charge in [-0.05, 0) is 26.2 Å². The van der Waals surface area contributed by atoms with Crippen LogP contribution in [-0.2, 0) is 22.5 Å². The van der Waals surface area contributed by atoms with Crippen molar-refractivity contribution < 1.29 is 9.53 Å². The molecule has 0 spiro atoms. The molecule has 1 aromatic rings. The normalized spacial score (nSPS) is 16.3. The summed E-state index contributed by atoms with van der Waals surface area (Å²) in [5.74, 6) is 1.51. The van der Waals surface area contributed by atoms with Crippen LogP contribution in [0.4, 0.5) is 0 Å². The zero-order valence-corrected chi connectivity index (χ0v) is 12.7. The van der Waals surface area contributed by atoms with Gasteiger partial charge in [-0.25, -0.2) is 0 Å². The zero-order chi connectivity index (χ0) is 14.4. The summed E-state index contributed by atoms with van der Waals surface area (Å²) in [6.45, 7) is 3.15. The second kappa shape index (κ2) is 7.64. The molecule has 112 valence electrons. The van der Waals surface area contributed by atoms with Gasteiger partial charge in [0.2, 0.25) is 0 Å². The maximum Gasteiger partial charge on any atom is 0.322 e. The first kappa shape index (κ1) is 15.3. The molecule has 0 saturated heterocycles. The molecule has 2 rings (SSSR count). The van der Waals surface area contributed by atoms with E-state index in [9.17, 15) is 4.79 Å². The number of carbonyl (C=O) groups is 1. The summed E-state index contributed by atoms with van der Waals surface area (Å²) in [5.41, 5.74) is 5.77. The Hall–Kier alpha value is -1.08. The van der Waals surface area contributed by atoms with E-state index in [0.717, 1.165) is 29.7 Å². The molecule has 0 bridgehead atoms. The highest BCUT2D eigenvalue weighted by Gasteiger charge is 2.17. The first-order valence-electron chi connectivity index (χ1n) is 7.19. The van der Waals surface area contributed by atoms with Crippen molar-refractivity contribution in [2.45, 2.75) is 56.8 Å². The number of nitrogens with zero attached hydrogens (tertiary/aromatic N) is 3. The second-order valence-electron chi connectivity index (χ2n) is 4.86. The van der Waals surface area contributed by atoms with Gasteiger partial charge in [0.05, 0.1) is 6.61 Å². The lowest BCUT2D eigenvalue weighted by atomic mass is 10.2. The molecule has 0 amide bonds. The summed E-state index contributed by atoms with van der Waals surface area (Å²) < 4.78 is 7.09. The van der Waals surface area contributed by atoms with E-state index in [1.807, 2.05) is 0 Å². The Labute approximate surface area is 123 Å². The number of carbonyl (C=O) groups excluding carboxylic acids is 1. The van der Waals surface area contributed by atoms with Gasteiger partial charge in [0, 0.05) is 18.7 Å². The number of esters is 1. The Kier molecular flexibility index (Phi) is 5.85. The molecule has 2 N–H and O–H groups in total. The van der Waals surface area contributed by atoms with Crippen LogP contribution >= 0.6 is 11.8 Å². The predicted octanol–water partition coefficient (Wildman–Crippen LogP) is 1.38. The average Bonchev–Trinajstić information content (AvgIpc) is 2.68. The quantitative estimate of drug-likeness (QED) is 0.631. The van der Waals surface area contributed by atoms with Crippen LogP contribution in [0.3, 0.4) is 0 Å². The third-order valence-corrected chi connectivity index (χ3v) is 4.32. The Bertz CT molecular complexity index is 450. The summed E-state index contributed by atoms with van der Waals surface area (Å²) in [5, 5.41) is 9.43. The standard InChI is InChI=1S/C13H22N4O2S/c1-2-19-12(18)10(14)7-9-20-13-16-15-11-6-4-3-5-8-17(11)13/h10H,2-9,14H2,1H3. The lowest BCUT2D eigenvalue weighted by molar-refractivity contribution is -0.144. The fourth-order valence-electron chi connectivity index (χ4n) is 2.21. The maximum absolute atomic E-state index is 11.4. The van der Waals surface area contributed by atoms with E-state index < -0.39 is 6.04 Å². The summed E-state index contributed by atoms with van der Waals surface area (Å²) >= 11 is 1.62.